The minimum Gasteiger partial charge on any atom is -0.340 e. The van der Waals surface area contributed by atoms with E-state index in [2.05, 4.69) is 25.4 Å². The molecule has 0 aliphatic carbocycles. The van der Waals surface area contributed by atoms with E-state index in [-0.39, 0.29) is 17.5 Å². The Balaban J connectivity index is 1.38. The number of hydrogen-bond donors (Lipinski definition) is 1. The molecule has 2 aliphatic rings. The van der Waals surface area contributed by atoms with E-state index >= 15 is 0 Å². The number of aryl methyl sites for hydroxylation is 1. The second-order valence-electron chi connectivity index (χ2n) is 7.45. The normalized spacial score (nSPS) is 16.3. The van der Waals surface area contributed by atoms with Gasteiger partial charge in [0.15, 0.2) is 5.65 Å². The number of likely N-dealkylation sites (tertiary alicyclic amines) is 1. The summed E-state index contributed by atoms with van der Waals surface area (Å²) in [6, 6.07) is 3.54. The smallest absolute Gasteiger partial charge is 0.274 e. The second kappa shape index (κ2) is 6.87. The van der Waals surface area contributed by atoms with Gasteiger partial charge in [0.1, 0.15) is 5.69 Å². The Hall–Kier alpha value is -3.43. The van der Waals surface area contributed by atoms with Gasteiger partial charge in [0.05, 0.1) is 11.8 Å². The largest absolute Gasteiger partial charge is 0.340 e. The summed E-state index contributed by atoms with van der Waals surface area (Å²) < 4.78 is 3.13. The number of rotatable bonds is 4. The van der Waals surface area contributed by atoms with E-state index in [0.717, 1.165) is 45.4 Å². The number of hydrogen-bond acceptors (Lipinski definition) is 6. The highest BCUT2D eigenvalue weighted by Gasteiger charge is 2.28. The van der Waals surface area contributed by atoms with Crippen LogP contribution in [-0.2, 0) is 7.05 Å². The molecule has 0 spiro atoms. The van der Waals surface area contributed by atoms with E-state index in [0.29, 0.717) is 22.8 Å². The van der Waals surface area contributed by atoms with E-state index < -0.39 is 0 Å². The SMILES string of the molecule is Cn1ncc(C(=O)N2CCC2)c1C(=O)Nc1ccn2nc(N3CCCC3)nc2c1. The molecular weight excluding hydrogens is 372 g/mol. The highest BCUT2D eigenvalue weighted by atomic mass is 16.2. The van der Waals surface area contributed by atoms with Crippen molar-refractivity contribution in [1.82, 2.24) is 29.3 Å². The van der Waals surface area contributed by atoms with Crippen molar-refractivity contribution in [3.63, 3.8) is 0 Å². The predicted octanol–water partition coefficient (Wildman–Crippen LogP) is 1.16. The zero-order chi connectivity index (χ0) is 20.0. The number of amides is 2. The van der Waals surface area contributed by atoms with Crippen molar-refractivity contribution < 1.29 is 9.59 Å². The fraction of sp³-hybridized carbons (Fsp3) is 0.421. The molecule has 3 aromatic rings. The van der Waals surface area contributed by atoms with Gasteiger partial charge < -0.3 is 15.1 Å². The summed E-state index contributed by atoms with van der Waals surface area (Å²) in [6.45, 7) is 3.37. The summed E-state index contributed by atoms with van der Waals surface area (Å²) in [5.41, 5.74) is 1.82. The van der Waals surface area contributed by atoms with E-state index in [9.17, 15) is 9.59 Å². The van der Waals surface area contributed by atoms with Crippen molar-refractivity contribution >= 4 is 29.1 Å². The highest BCUT2D eigenvalue weighted by Crippen LogP contribution is 2.20. The van der Waals surface area contributed by atoms with Gasteiger partial charge in [-0.3, -0.25) is 14.3 Å². The lowest BCUT2D eigenvalue weighted by Crippen LogP contribution is -2.42. The number of anilines is 2. The minimum atomic E-state index is -0.377. The Morgan fingerprint density at radius 2 is 1.90 bits per heavy atom. The van der Waals surface area contributed by atoms with Crippen LogP contribution < -0.4 is 10.2 Å². The van der Waals surface area contributed by atoms with Crippen molar-refractivity contribution in [1.29, 1.82) is 0 Å². The van der Waals surface area contributed by atoms with Crippen LogP contribution in [0.4, 0.5) is 11.6 Å². The van der Waals surface area contributed by atoms with Gasteiger partial charge >= 0.3 is 0 Å². The van der Waals surface area contributed by atoms with Gasteiger partial charge in [-0.05, 0) is 25.3 Å². The van der Waals surface area contributed by atoms with Gasteiger partial charge in [-0.15, -0.1) is 5.10 Å². The predicted molar refractivity (Wildman–Crippen MR) is 106 cm³/mol. The standard InChI is InChI=1S/C19H22N8O2/c1-24-16(14(12-20-24)18(29)25-8-4-9-25)17(28)21-13-5-10-27-15(11-13)22-19(23-27)26-6-2-3-7-26/h5,10-12H,2-4,6-9H2,1H3,(H,21,28). The fourth-order valence-electron chi connectivity index (χ4n) is 3.74. The average molecular weight is 394 g/mol. The number of carbonyl (C=O) groups excluding carboxylic acids is 2. The molecule has 5 rings (SSSR count). The number of carbonyl (C=O) groups is 2. The van der Waals surface area contributed by atoms with Crippen molar-refractivity contribution in [3.05, 3.63) is 35.8 Å². The third-order valence-corrected chi connectivity index (χ3v) is 5.50. The summed E-state index contributed by atoms with van der Waals surface area (Å²) in [6.07, 6.45) is 6.53. The van der Waals surface area contributed by atoms with Gasteiger partial charge in [-0.2, -0.15) is 10.1 Å². The van der Waals surface area contributed by atoms with Crippen LogP contribution in [0.1, 0.15) is 40.1 Å². The van der Waals surface area contributed by atoms with Gasteiger partial charge in [0.2, 0.25) is 5.95 Å². The zero-order valence-electron chi connectivity index (χ0n) is 16.2. The van der Waals surface area contributed by atoms with Crippen LogP contribution in [0.3, 0.4) is 0 Å². The molecule has 1 N–H and O–H groups in total. The van der Waals surface area contributed by atoms with Gasteiger partial charge in [-0.1, -0.05) is 0 Å². The van der Waals surface area contributed by atoms with E-state index in [1.165, 1.54) is 10.9 Å². The molecule has 2 fully saturated rings. The van der Waals surface area contributed by atoms with Crippen LogP contribution >= 0.6 is 0 Å². The maximum absolute atomic E-state index is 12.9. The van der Waals surface area contributed by atoms with Crippen molar-refractivity contribution in [2.45, 2.75) is 19.3 Å². The number of aromatic nitrogens is 5. The molecule has 0 saturated carbocycles. The molecule has 2 aliphatic heterocycles. The van der Waals surface area contributed by atoms with Crippen molar-refractivity contribution in [2.75, 3.05) is 36.4 Å². The van der Waals surface area contributed by atoms with Crippen LogP contribution in [-0.4, -0.2) is 67.3 Å². The summed E-state index contributed by atoms with van der Waals surface area (Å²) >= 11 is 0. The number of fused-ring (bicyclic) bond motifs is 1. The summed E-state index contributed by atoms with van der Waals surface area (Å²) in [5, 5.41) is 11.5. The molecule has 0 unspecified atom stereocenters. The second-order valence-corrected chi connectivity index (χ2v) is 7.45. The van der Waals surface area contributed by atoms with Crippen LogP contribution in [0.15, 0.2) is 24.5 Å². The third-order valence-electron chi connectivity index (χ3n) is 5.50. The lowest BCUT2D eigenvalue weighted by Gasteiger charge is -2.30. The number of nitrogens with zero attached hydrogens (tertiary/aromatic N) is 7. The molecule has 0 bridgehead atoms. The molecule has 2 saturated heterocycles. The highest BCUT2D eigenvalue weighted by molar-refractivity contribution is 6.11. The van der Waals surface area contributed by atoms with E-state index in [4.69, 9.17) is 0 Å². The first-order valence-corrected chi connectivity index (χ1v) is 9.84. The van der Waals surface area contributed by atoms with Crippen LogP contribution in [0.2, 0.25) is 0 Å². The summed E-state index contributed by atoms with van der Waals surface area (Å²) in [5.74, 6) is 0.176. The molecule has 0 atom stereocenters. The summed E-state index contributed by atoms with van der Waals surface area (Å²) in [4.78, 5) is 34.0. The van der Waals surface area contributed by atoms with Crippen molar-refractivity contribution in [2.24, 2.45) is 7.05 Å². The molecule has 150 valence electrons. The Morgan fingerprint density at radius 1 is 1.10 bits per heavy atom. The molecule has 3 aromatic heterocycles. The molecule has 0 radical (unpaired) electrons. The van der Waals surface area contributed by atoms with Crippen LogP contribution in [0, 0.1) is 0 Å². The molecule has 0 aromatic carbocycles. The first-order valence-electron chi connectivity index (χ1n) is 9.84. The average Bonchev–Trinajstić information content (AvgIpc) is 3.38. The number of pyridine rings is 1. The zero-order valence-corrected chi connectivity index (χ0v) is 16.2. The summed E-state index contributed by atoms with van der Waals surface area (Å²) in [7, 11) is 1.66. The maximum atomic E-state index is 12.9. The first kappa shape index (κ1) is 17.7. The molecule has 2 amide bonds. The fourth-order valence-corrected chi connectivity index (χ4v) is 3.74. The van der Waals surface area contributed by atoms with Gasteiger partial charge in [0.25, 0.3) is 11.8 Å². The quantitative estimate of drug-likeness (QED) is 0.713. The minimum absolute atomic E-state index is 0.155. The van der Waals surface area contributed by atoms with E-state index in [1.54, 1.807) is 34.8 Å². The monoisotopic (exact) mass is 394 g/mol. The third kappa shape index (κ3) is 3.10. The lowest BCUT2D eigenvalue weighted by atomic mass is 10.1. The molecule has 10 nitrogen and oxygen atoms in total. The van der Waals surface area contributed by atoms with E-state index in [1.807, 2.05) is 0 Å². The molecular formula is C19H22N8O2. The first-order chi connectivity index (χ1) is 14.1. The van der Waals surface area contributed by atoms with Crippen LogP contribution in [0.5, 0.6) is 0 Å². The topological polar surface area (TPSA) is 101 Å². The Morgan fingerprint density at radius 3 is 2.62 bits per heavy atom. The van der Waals surface area contributed by atoms with Gasteiger partial charge in [0, 0.05) is 51.2 Å². The molecule has 29 heavy (non-hydrogen) atoms. The Bertz CT molecular complexity index is 1090. The maximum Gasteiger partial charge on any atom is 0.274 e. The Labute approximate surface area is 167 Å². The van der Waals surface area contributed by atoms with Gasteiger partial charge in [-0.25, -0.2) is 4.52 Å². The Kier molecular flexibility index (Phi) is 4.18. The number of nitrogens with one attached hydrogen (secondary N) is 1. The lowest BCUT2D eigenvalue weighted by molar-refractivity contribution is 0.0648. The molecule has 10 heteroatoms. The van der Waals surface area contributed by atoms with Crippen LogP contribution in [0.25, 0.3) is 5.65 Å². The van der Waals surface area contributed by atoms with Crippen molar-refractivity contribution in [3.8, 4) is 0 Å². The molecule has 5 heterocycles.